The highest BCUT2D eigenvalue weighted by Gasteiger charge is 2.30. The quantitative estimate of drug-likeness (QED) is 0.519. The molecule has 1 aliphatic heterocycles. The van der Waals surface area contributed by atoms with Crippen LogP contribution in [0, 0.1) is 17.2 Å². The maximum Gasteiger partial charge on any atom is 0.266 e. The Hall–Kier alpha value is -3.82. The van der Waals surface area contributed by atoms with Gasteiger partial charge in [0.1, 0.15) is 16.7 Å². The highest BCUT2D eigenvalue weighted by Crippen LogP contribution is 2.32. The minimum Gasteiger partial charge on any atom is -0.495 e. The zero-order chi connectivity index (χ0) is 25.2. The van der Waals surface area contributed by atoms with E-state index in [9.17, 15) is 18.5 Å². The third kappa shape index (κ3) is 4.87. The number of piperidine rings is 1. The number of furan rings is 1. The molecule has 0 atom stereocenters. The van der Waals surface area contributed by atoms with Crippen molar-refractivity contribution in [3.8, 4) is 23.5 Å². The summed E-state index contributed by atoms with van der Waals surface area (Å²) in [6.07, 6.45) is 2.54. The number of carbonyl (C=O) groups excluding carboxylic acids is 1. The second kappa shape index (κ2) is 9.81. The van der Waals surface area contributed by atoms with Gasteiger partial charge in [-0.1, -0.05) is 0 Å². The molecule has 1 amide bonds. The number of benzene rings is 1. The van der Waals surface area contributed by atoms with Crippen LogP contribution in [0.3, 0.4) is 0 Å². The van der Waals surface area contributed by atoms with E-state index in [4.69, 9.17) is 13.6 Å². The van der Waals surface area contributed by atoms with Crippen molar-refractivity contribution in [2.45, 2.75) is 17.7 Å². The van der Waals surface area contributed by atoms with Crippen LogP contribution in [-0.2, 0) is 14.8 Å². The summed E-state index contributed by atoms with van der Waals surface area (Å²) in [4.78, 5) is 19.0. The van der Waals surface area contributed by atoms with Crippen LogP contribution >= 0.6 is 0 Å². The number of amides is 1. The van der Waals surface area contributed by atoms with Gasteiger partial charge in [-0.15, -0.1) is 0 Å². The molecule has 0 saturated carbocycles. The summed E-state index contributed by atoms with van der Waals surface area (Å²) in [5, 5.41) is 12.3. The summed E-state index contributed by atoms with van der Waals surface area (Å²) in [6, 6.07) is 9.96. The monoisotopic (exact) mass is 499 g/mol. The van der Waals surface area contributed by atoms with Crippen LogP contribution in [0.2, 0.25) is 0 Å². The molecule has 0 bridgehead atoms. The van der Waals surface area contributed by atoms with Gasteiger partial charge in [-0.3, -0.25) is 4.79 Å². The number of sulfonamides is 1. The van der Waals surface area contributed by atoms with E-state index >= 15 is 0 Å². The lowest BCUT2D eigenvalue weighted by Crippen LogP contribution is -2.38. The van der Waals surface area contributed by atoms with Gasteiger partial charge in [0.15, 0.2) is 5.76 Å². The van der Waals surface area contributed by atoms with Crippen molar-refractivity contribution in [1.82, 2.24) is 9.29 Å². The number of rotatable bonds is 7. The molecule has 1 N–H and O–H groups in total. The summed E-state index contributed by atoms with van der Waals surface area (Å²) in [7, 11) is 0.484. The number of nitrogens with one attached hydrogen (secondary N) is 1. The average molecular weight is 500 g/mol. The predicted octanol–water partition coefficient (Wildman–Crippen LogP) is 2.92. The van der Waals surface area contributed by atoms with Gasteiger partial charge in [-0.05, 0) is 43.2 Å². The van der Waals surface area contributed by atoms with Crippen LogP contribution in [0.25, 0.3) is 11.7 Å². The number of anilines is 2. The molecule has 0 spiro atoms. The number of hydrogen-bond acceptors (Lipinski definition) is 9. The molecule has 1 aliphatic rings. The topological polar surface area (TPSA) is 142 Å². The molecule has 1 fully saturated rings. The Kier molecular flexibility index (Phi) is 6.81. The molecule has 12 heteroatoms. The zero-order valence-corrected chi connectivity index (χ0v) is 20.3. The fourth-order valence-corrected chi connectivity index (χ4v) is 4.92. The molecule has 1 saturated heterocycles. The molecule has 35 heavy (non-hydrogen) atoms. The van der Waals surface area contributed by atoms with Crippen molar-refractivity contribution in [3.05, 3.63) is 42.3 Å². The first kappa shape index (κ1) is 24.3. The van der Waals surface area contributed by atoms with Gasteiger partial charge in [0, 0.05) is 38.8 Å². The van der Waals surface area contributed by atoms with Crippen LogP contribution < -0.4 is 15.0 Å². The maximum atomic E-state index is 12.9. The maximum absolute atomic E-state index is 12.9. The van der Waals surface area contributed by atoms with E-state index in [0.717, 1.165) is 4.31 Å². The van der Waals surface area contributed by atoms with Gasteiger partial charge in [-0.25, -0.2) is 12.7 Å². The first-order valence-corrected chi connectivity index (χ1v) is 12.3. The van der Waals surface area contributed by atoms with Crippen molar-refractivity contribution in [2.24, 2.45) is 5.92 Å². The van der Waals surface area contributed by atoms with E-state index in [1.807, 2.05) is 11.0 Å². The fourth-order valence-electron chi connectivity index (χ4n) is 3.85. The molecular formula is C23H25N5O6S. The lowest BCUT2D eigenvalue weighted by Gasteiger charge is -2.31. The molecule has 184 valence electrons. The first-order valence-electron chi connectivity index (χ1n) is 10.9. The Morgan fingerprint density at radius 1 is 1.29 bits per heavy atom. The first-order chi connectivity index (χ1) is 16.7. The molecule has 3 heterocycles. The Balaban J connectivity index is 1.44. The van der Waals surface area contributed by atoms with Gasteiger partial charge in [0.2, 0.25) is 27.5 Å². The molecule has 0 aliphatic carbocycles. The number of carbonyl (C=O) groups is 1. The van der Waals surface area contributed by atoms with Crippen LogP contribution in [0.15, 0.2) is 50.3 Å². The molecule has 3 aromatic rings. The number of oxazole rings is 1. The minimum absolute atomic E-state index is 0.0284. The Morgan fingerprint density at radius 3 is 2.63 bits per heavy atom. The van der Waals surface area contributed by atoms with Crippen molar-refractivity contribution in [3.63, 3.8) is 0 Å². The second-order valence-electron chi connectivity index (χ2n) is 8.17. The van der Waals surface area contributed by atoms with E-state index in [1.165, 1.54) is 39.6 Å². The number of aromatic nitrogens is 1. The number of hydrogen-bond donors (Lipinski definition) is 1. The molecule has 4 rings (SSSR count). The summed E-state index contributed by atoms with van der Waals surface area (Å²) >= 11 is 0. The number of methoxy groups -OCH3 is 1. The summed E-state index contributed by atoms with van der Waals surface area (Å²) in [5.41, 5.74) is 0.524. The number of nitrogens with zero attached hydrogens (tertiary/aromatic N) is 4. The lowest BCUT2D eigenvalue weighted by molar-refractivity contribution is -0.120. The van der Waals surface area contributed by atoms with Crippen LogP contribution in [0.1, 0.15) is 18.5 Å². The van der Waals surface area contributed by atoms with Crippen molar-refractivity contribution in [2.75, 3.05) is 44.5 Å². The van der Waals surface area contributed by atoms with Crippen molar-refractivity contribution < 1.29 is 26.8 Å². The lowest BCUT2D eigenvalue weighted by atomic mass is 9.96. The van der Waals surface area contributed by atoms with Crippen molar-refractivity contribution >= 4 is 27.5 Å². The van der Waals surface area contributed by atoms with E-state index in [2.05, 4.69) is 10.3 Å². The summed E-state index contributed by atoms with van der Waals surface area (Å²) in [5.74, 6) is 0.699. The summed E-state index contributed by atoms with van der Waals surface area (Å²) < 4.78 is 42.6. The Labute approximate surface area is 202 Å². The van der Waals surface area contributed by atoms with Gasteiger partial charge in [-0.2, -0.15) is 10.2 Å². The van der Waals surface area contributed by atoms with Crippen LogP contribution in [-0.4, -0.2) is 57.9 Å². The molecular weight excluding hydrogens is 474 g/mol. The molecule has 1 aromatic carbocycles. The van der Waals surface area contributed by atoms with Gasteiger partial charge >= 0.3 is 0 Å². The smallest absolute Gasteiger partial charge is 0.266 e. The molecule has 11 nitrogen and oxygen atoms in total. The largest absolute Gasteiger partial charge is 0.495 e. The Morgan fingerprint density at radius 2 is 2.03 bits per heavy atom. The number of ether oxygens (including phenoxy) is 1. The molecule has 0 radical (unpaired) electrons. The normalized spacial score (nSPS) is 14.7. The average Bonchev–Trinajstić information content (AvgIpc) is 3.54. The highest BCUT2D eigenvalue weighted by atomic mass is 32.2. The van der Waals surface area contributed by atoms with Gasteiger partial charge in [0.25, 0.3) is 5.89 Å². The fraction of sp³-hybridized carbons (Fsp3) is 0.348. The van der Waals surface area contributed by atoms with Gasteiger partial charge < -0.3 is 23.8 Å². The van der Waals surface area contributed by atoms with E-state index in [-0.39, 0.29) is 34.1 Å². The van der Waals surface area contributed by atoms with E-state index in [1.54, 1.807) is 18.2 Å². The second-order valence-corrected chi connectivity index (χ2v) is 10.3. The number of nitriles is 1. The van der Waals surface area contributed by atoms with E-state index in [0.29, 0.717) is 43.3 Å². The third-order valence-corrected chi connectivity index (χ3v) is 7.63. The van der Waals surface area contributed by atoms with Crippen LogP contribution in [0.5, 0.6) is 5.75 Å². The highest BCUT2D eigenvalue weighted by molar-refractivity contribution is 7.89. The Bertz CT molecular complexity index is 1350. The molecule has 0 unspecified atom stereocenters. The minimum atomic E-state index is -3.76. The predicted molar refractivity (Wildman–Crippen MR) is 126 cm³/mol. The van der Waals surface area contributed by atoms with Crippen LogP contribution in [0.4, 0.5) is 11.6 Å². The summed E-state index contributed by atoms with van der Waals surface area (Å²) in [6.45, 7) is 0.977. The van der Waals surface area contributed by atoms with E-state index < -0.39 is 10.0 Å². The third-order valence-electron chi connectivity index (χ3n) is 5.79. The van der Waals surface area contributed by atoms with Crippen molar-refractivity contribution in [1.29, 1.82) is 5.26 Å². The van der Waals surface area contributed by atoms with Gasteiger partial charge in [0.05, 0.1) is 13.4 Å². The standard InChI is InChI=1S/C23H25N5O6S/c1-27(2)35(30,31)20-13-16(6-7-18(20)32-3)25-21(29)15-8-10-28(11-9-15)23-17(14-24)26-22(34-23)19-5-4-12-33-19/h4-7,12-13,15H,8-11H2,1-3H3,(H,25,29). The molecule has 2 aromatic heterocycles. The SMILES string of the molecule is COc1ccc(NC(=O)C2CCN(c3oc(-c4ccco4)nc3C#N)CC2)cc1S(=O)(=O)N(C)C. The zero-order valence-electron chi connectivity index (χ0n) is 19.5.